The Morgan fingerprint density at radius 1 is 1.56 bits per heavy atom. The number of phenols is 1. The van der Waals surface area contributed by atoms with Gasteiger partial charge >= 0.3 is 0 Å². The summed E-state index contributed by atoms with van der Waals surface area (Å²) >= 11 is 3.23. The third-order valence-corrected chi connectivity index (χ3v) is 2.97. The molecule has 6 heteroatoms. The molecule has 0 bridgehead atoms. The Bertz CT molecular complexity index is 554. The molecule has 0 fully saturated rings. The fraction of sp³-hybridized carbons (Fsp3) is 0.167. The summed E-state index contributed by atoms with van der Waals surface area (Å²) < 4.78 is 0.727. The number of aromatic amines is 1. The number of amides is 1. The quantitative estimate of drug-likeness (QED) is 0.912. The normalized spacial score (nSPS) is 10.3. The predicted molar refractivity (Wildman–Crippen MR) is 70.2 cm³/mol. The molecule has 1 amide bonds. The number of aromatic nitrogens is 2. The standard InChI is InChI=1S/C12H12BrN3O2/c1-16(7-11-14-4-5-15-11)12(18)9-3-2-8(13)6-10(9)17/h2-6,17H,7H2,1H3,(H,14,15). The number of nitrogens with one attached hydrogen (secondary N) is 1. The SMILES string of the molecule is CN(Cc1ncc[nH]1)C(=O)c1ccc(Br)cc1O. The number of imidazole rings is 1. The Morgan fingerprint density at radius 2 is 2.33 bits per heavy atom. The lowest BCUT2D eigenvalue weighted by Gasteiger charge is -2.16. The number of hydrogen-bond acceptors (Lipinski definition) is 3. The summed E-state index contributed by atoms with van der Waals surface area (Å²) in [4.78, 5) is 20.6. The van der Waals surface area contributed by atoms with Crippen molar-refractivity contribution in [3.05, 3.63) is 46.5 Å². The monoisotopic (exact) mass is 309 g/mol. The van der Waals surface area contributed by atoms with E-state index in [0.717, 1.165) is 4.47 Å². The second kappa shape index (κ2) is 5.22. The van der Waals surface area contributed by atoms with E-state index in [9.17, 15) is 9.90 Å². The largest absolute Gasteiger partial charge is 0.507 e. The molecule has 0 saturated heterocycles. The van der Waals surface area contributed by atoms with Crippen molar-refractivity contribution < 1.29 is 9.90 Å². The number of hydrogen-bond donors (Lipinski definition) is 2. The summed E-state index contributed by atoms with van der Waals surface area (Å²) in [6.45, 7) is 0.362. The van der Waals surface area contributed by atoms with Crippen LogP contribution < -0.4 is 0 Å². The third-order valence-electron chi connectivity index (χ3n) is 2.48. The van der Waals surface area contributed by atoms with Crippen molar-refractivity contribution >= 4 is 21.8 Å². The molecular weight excluding hydrogens is 298 g/mol. The molecule has 2 aromatic rings. The van der Waals surface area contributed by atoms with E-state index in [2.05, 4.69) is 25.9 Å². The van der Waals surface area contributed by atoms with E-state index in [0.29, 0.717) is 12.4 Å². The average molecular weight is 310 g/mol. The van der Waals surface area contributed by atoms with Gasteiger partial charge in [0.1, 0.15) is 11.6 Å². The molecule has 2 N–H and O–H groups in total. The molecule has 1 aromatic heterocycles. The van der Waals surface area contributed by atoms with Crippen molar-refractivity contribution in [2.75, 3.05) is 7.05 Å². The number of rotatable bonds is 3. The Kier molecular flexibility index (Phi) is 3.66. The zero-order chi connectivity index (χ0) is 13.1. The molecule has 5 nitrogen and oxygen atoms in total. The second-order valence-electron chi connectivity index (χ2n) is 3.86. The first-order valence-electron chi connectivity index (χ1n) is 5.30. The van der Waals surface area contributed by atoms with Gasteiger partial charge in [0.05, 0.1) is 12.1 Å². The van der Waals surface area contributed by atoms with E-state index >= 15 is 0 Å². The summed E-state index contributed by atoms with van der Waals surface area (Å²) in [5, 5.41) is 9.74. The zero-order valence-electron chi connectivity index (χ0n) is 9.72. The highest BCUT2D eigenvalue weighted by atomic mass is 79.9. The molecule has 0 unspecified atom stereocenters. The van der Waals surface area contributed by atoms with Crippen LogP contribution >= 0.6 is 15.9 Å². The molecule has 0 aliphatic rings. The van der Waals surface area contributed by atoms with Crippen LogP contribution in [0.3, 0.4) is 0 Å². The highest BCUT2D eigenvalue weighted by molar-refractivity contribution is 9.10. The van der Waals surface area contributed by atoms with Gasteiger partial charge in [-0.15, -0.1) is 0 Å². The topological polar surface area (TPSA) is 69.2 Å². The van der Waals surface area contributed by atoms with Crippen LogP contribution in [0, 0.1) is 0 Å². The molecular formula is C12H12BrN3O2. The van der Waals surface area contributed by atoms with Gasteiger partial charge in [-0.1, -0.05) is 15.9 Å². The van der Waals surface area contributed by atoms with E-state index in [-0.39, 0.29) is 17.2 Å². The molecule has 2 rings (SSSR count). The van der Waals surface area contributed by atoms with Crippen LogP contribution in [0.15, 0.2) is 35.1 Å². The molecule has 0 radical (unpaired) electrons. The van der Waals surface area contributed by atoms with Crippen molar-refractivity contribution in [1.29, 1.82) is 0 Å². The highest BCUT2D eigenvalue weighted by Gasteiger charge is 2.16. The van der Waals surface area contributed by atoms with Crippen molar-refractivity contribution in [3.63, 3.8) is 0 Å². The van der Waals surface area contributed by atoms with Gasteiger partial charge in [-0.3, -0.25) is 4.79 Å². The van der Waals surface area contributed by atoms with Gasteiger partial charge in [0.15, 0.2) is 0 Å². The summed E-state index contributed by atoms with van der Waals surface area (Å²) in [5.41, 5.74) is 0.271. The Labute approximate surface area is 113 Å². The van der Waals surface area contributed by atoms with Gasteiger partial charge in [0, 0.05) is 23.9 Å². The molecule has 0 aliphatic carbocycles. The average Bonchev–Trinajstić information content (AvgIpc) is 2.81. The van der Waals surface area contributed by atoms with E-state index in [1.54, 1.807) is 31.6 Å². The van der Waals surface area contributed by atoms with Crippen molar-refractivity contribution in [3.8, 4) is 5.75 Å². The molecule has 1 heterocycles. The summed E-state index contributed by atoms with van der Waals surface area (Å²) in [6, 6.07) is 4.79. The van der Waals surface area contributed by atoms with Gasteiger partial charge in [-0.2, -0.15) is 0 Å². The van der Waals surface area contributed by atoms with Crippen LogP contribution in [0.2, 0.25) is 0 Å². The first kappa shape index (κ1) is 12.6. The molecule has 18 heavy (non-hydrogen) atoms. The van der Waals surface area contributed by atoms with Gasteiger partial charge in [-0.05, 0) is 18.2 Å². The van der Waals surface area contributed by atoms with Crippen LogP contribution in [0.25, 0.3) is 0 Å². The molecule has 0 saturated carbocycles. The number of phenolic OH excluding ortho intramolecular Hbond substituents is 1. The first-order chi connectivity index (χ1) is 8.58. The van der Waals surface area contributed by atoms with Crippen LogP contribution in [-0.4, -0.2) is 32.9 Å². The minimum absolute atomic E-state index is 0.0410. The lowest BCUT2D eigenvalue weighted by Crippen LogP contribution is -2.26. The first-order valence-corrected chi connectivity index (χ1v) is 6.09. The second-order valence-corrected chi connectivity index (χ2v) is 4.77. The number of halogens is 1. The third kappa shape index (κ3) is 2.70. The van der Waals surface area contributed by atoms with Crippen LogP contribution in [0.1, 0.15) is 16.2 Å². The highest BCUT2D eigenvalue weighted by Crippen LogP contribution is 2.23. The predicted octanol–water partition coefficient (Wildman–Crippen LogP) is 2.15. The fourth-order valence-electron chi connectivity index (χ4n) is 1.57. The smallest absolute Gasteiger partial charge is 0.257 e. The van der Waals surface area contributed by atoms with Crippen molar-refractivity contribution in [2.24, 2.45) is 0 Å². The Morgan fingerprint density at radius 3 is 2.94 bits per heavy atom. The number of H-pyrrole nitrogens is 1. The molecule has 94 valence electrons. The van der Waals surface area contributed by atoms with Crippen LogP contribution in [0.5, 0.6) is 5.75 Å². The van der Waals surface area contributed by atoms with E-state index in [1.165, 1.54) is 11.0 Å². The van der Waals surface area contributed by atoms with Crippen LogP contribution in [-0.2, 0) is 6.54 Å². The number of aromatic hydroxyl groups is 1. The van der Waals surface area contributed by atoms with E-state index < -0.39 is 0 Å². The summed E-state index contributed by atoms with van der Waals surface area (Å²) in [7, 11) is 1.66. The van der Waals surface area contributed by atoms with E-state index in [4.69, 9.17) is 0 Å². The maximum atomic E-state index is 12.1. The Hall–Kier alpha value is -1.82. The maximum Gasteiger partial charge on any atom is 0.257 e. The minimum atomic E-state index is -0.253. The van der Waals surface area contributed by atoms with E-state index in [1.807, 2.05) is 0 Å². The summed E-state index contributed by atoms with van der Waals surface area (Å²) in [5.74, 6) is 0.402. The molecule has 0 atom stereocenters. The number of benzene rings is 1. The minimum Gasteiger partial charge on any atom is -0.507 e. The lowest BCUT2D eigenvalue weighted by molar-refractivity contribution is 0.0779. The van der Waals surface area contributed by atoms with Gasteiger partial charge in [-0.25, -0.2) is 4.98 Å². The fourth-order valence-corrected chi connectivity index (χ4v) is 1.92. The van der Waals surface area contributed by atoms with Gasteiger partial charge < -0.3 is 15.0 Å². The zero-order valence-corrected chi connectivity index (χ0v) is 11.3. The van der Waals surface area contributed by atoms with Crippen LogP contribution in [0.4, 0.5) is 0 Å². The molecule has 1 aromatic carbocycles. The molecule has 0 spiro atoms. The summed E-state index contributed by atoms with van der Waals surface area (Å²) in [6.07, 6.45) is 3.33. The Balaban J connectivity index is 2.15. The van der Waals surface area contributed by atoms with Crippen molar-refractivity contribution in [2.45, 2.75) is 6.54 Å². The van der Waals surface area contributed by atoms with Gasteiger partial charge in [0.25, 0.3) is 5.91 Å². The van der Waals surface area contributed by atoms with Gasteiger partial charge in [0.2, 0.25) is 0 Å². The molecule has 0 aliphatic heterocycles. The maximum absolute atomic E-state index is 12.1. The number of nitrogens with zero attached hydrogens (tertiary/aromatic N) is 2. The number of carbonyl (C=O) groups excluding carboxylic acids is 1. The lowest BCUT2D eigenvalue weighted by atomic mass is 10.2. The van der Waals surface area contributed by atoms with Crippen molar-refractivity contribution in [1.82, 2.24) is 14.9 Å². The number of carbonyl (C=O) groups is 1.